The van der Waals surface area contributed by atoms with Gasteiger partial charge in [0.15, 0.2) is 17.5 Å². The third kappa shape index (κ3) is 5.41. The molecule has 0 aliphatic carbocycles. The van der Waals surface area contributed by atoms with Gasteiger partial charge in [-0.05, 0) is 69.0 Å². The summed E-state index contributed by atoms with van der Waals surface area (Å²) in [6.45, 7) is 3.96. The number of nitrogens with zero attached hydrogens (tertiary/aromatic N) is 6. The van der Waals surface area contributed by atoms with Crippen LogP contribution in [0.4, 0.5) is 8.78 Å². The SMILES string of the molecule is O=C(C1CCN(Cc2ccncc2)CC1)N1CCC(n2c(C3=NC=CCC=C3)nc3cc(F)c(F)cc32)CC1. The number of imidazole rings is 1. The highest BCUT2D eigenvalue weighted by atomic mass is 19.2. The molecule has 202 valence electrons. The first-order chi connectivity index (χ1) is 19.1. The van der Waals surface area contributed by atoms with Crippen molar-refractivity contribution in [2.24, 2.45) is 10.9 Å². The predicted octanol–water partition coefficient (Wildman–Crippen LogP) is 5.05. The van der Waals surface area contributed by atoms with E-state index in [9.17, 15) is 13.6 Å². The van der Waals surface area contributed by atoms with Crippen LogP contribution in [0.5, 0.6) is 0 Å². The Morgan fingerprint density at radius 1 is 0.949 bits per heavy atom. The van der Waals surface area contributed by atoms with E-state index in [0.717, 1.165) is 57.8 Å². The number of aliphatic imine (C=N–C) groups is 1. The number of piperidine rings is 2. The van der Waals surface area contributed by atoms with Gasteiger partial charge in [-0.3, -0.25) is 19.7 Å². The van der Waals surface area contributed by atoms with Crippen LogP contribution in [-0.4, -0.2) is 62.1 Å². The fourth-order valence-electron chi connectivity index (χ4n) is 5.96. The van der Waals surface area contributed by atoms with E-state index in [1.54, 1.807) is 6.20 Å². The summed E-state index contributed by atoms with van der Waals surface area (Å²) in [5.41, 5.74) is 2.87. The number of aromatic nitrogens is 3. The molecule has 0 saturated carbocycles. The third-order valence-electron chi connectivity index (χ3n) is 8.06. The number of rotatable bonds is 5. The summed E-state index contributed by atoms with van der Waals surface area (Å²) >= 11 is 0. The zero-order valence-electron chi connectivity index (χ0n) is 21.8. The number of allylic oxidation sites excluding steroid dienone is 3. The molecule has 0 unspecified atom stereocenters. The van der Waals surface area contributed by atoms with Crippen LogP contribution in [0, 0.1) is 17.6 Å². The van der Waals surface area contributed by atoms with Crippen LogP contribution in [0.15, 0.2) is 66.1 Å². The van der Waals surface area contributed by atoms with Gasteiger partial charge >= 0.3 is 0 Å². The minimum Gasteiger partial charge on any atom is -0.342 e. The number of halogens is 2. The molecule has 3 aliphatic heterocycles. The highest BCUT2D eigenvalue weighted by Gasteiger charge is 2.33. The van der Waals surface area contributed by atoms with Crippen molar-refractivity contribution < 1.29 is 13.6 Å². The zero-order valence-corrected chi connectivity index (χ0v) is 21.8. The van der Waals surface area contributed by atoms with Crippen molar-refractivity contribution in [3.05, 3.63) is 84.1 Å². The Hall–Kier alpha value is -3.72. The van der Waals surface area contributed by atoms with Crippen molar-refractivity contribution in [3.63, 3.8) is 0 Å². The van der Waals surface area contributed by atoms with Gasteiger partial charge in [0.25, 0.3) is 0 Å². The predicted molar refractivity (Wildman–Crippen MR) is 146 cm³/mol. The van der Waals surface area contributed by atoms with Gasteiger partial charge in [0, 0.05) is 62.3 Å². The molecule has 2 saturated heterocycles. The van der Waals surface area contributed by atoms with Crippen LogP contribution < -0.4 is 0 Å². The molecule has 3 aromatic rings. The lowest BCUT2D eigenvalue weighted by Gasteiger charge is -2.38. The molecule has 5 heterocycles. The van der Waals surface area contributed by atoms with Gasteiger partial charge in [0.2, 0.25) is 5.91 Å². The summed E-state index contributed by atoms with van der Waals surface area (Å²) in [7, 11) is 0. The summed E-state index contributed by atoms with van der Waals surface area (Å²) in [5, 5.41) is 0. The third-order valence-corrected chi connectivity index (χ3v) is 8.06. The smallest absolute Gasteiger partial charge is 0.225 e. The van der Waals surface area contributed by atoms with Crippen LogP contribution >= 0.6 is 0 Å². The number of pyridine rings is 1. The first kappa shape index (κ1) is 25.6. The molecule has 0 bridgehead atoms. The standard InChI is InChI=1S/C30H32F2N6O/c31-24-18-27-28(19-25(24)32)38(29(35-27)26-4-2-1-3-11-34-26)23-9-16-37(17-10-23)30(39)22-7-14-36(15-8-22)20-21-5-12-33-13-6-21/h2-6,11-13,18-19,22-23H,1,7-10,14-17,20H2. The molecule has 2 fully saturated rings. The molecule has 1 aromatic carbocycles. The maximum absolute atomic E-state index is 14.3. The molecule has 0 N–H and O–H groups in total. The van der Waals surface area contributed by atoms with Crippen LogP contribution in [0.3, 0.4) is 0 Å². The molecule has 1 amide bonds. The minimum atomic E-state index is -0.913. The van der Waals surface area contributed by atoms with E-state index in [1.807, 2.05) is 52.2 Å². The van der Waals surface area contributed by atoms with Crippen molar-refractivity contribution in [2.75, 3.05) is 26.2 Å². The van der Waals surface area contributed by atoms with Gasteiger partial charge < -0.3 is 9.47 Å². The van der Waals surface area contributed by atoms with E-state index in [2.05, 4.69) is 19.9 Å². The quantitative estimate of drug-likeness (QED) is 0.463. The summed E-state index contributed by atoms with van der Waals surface area (Å²) in [6, 6.07) is 6.47. The van der Waals surface area contributed by atoms with Gasteiger partial charge in [-0.2, -0.15) is 0 Å². The zero-order chi connectivity index (χ0) is 26.8. The number of fused-ring (bicyclic) bond motifs is 1. The van der Waals surface area contributed by atoms with E-state index in [0.29, 0.717) is 35.7 Å². The summed E-state index contributed by atoms with van der Waals surface area (Å²) in [4.78, 5) is 31.1. The van der Waals surface area contributed by atoms with Gasteiger partial charge in [-0.1, -0.05) is 12.2 Å². The number of carbonyl (C=O) groups is 1. The second kappa shape index (κ2) is 11.2. The van der Waals surface area contributed by atoms with Crippen LogP contribution in [0.1, 0.15) is 49.5 Å². The lowest BCUT2D eigenvalue weighted by atomic mass is 9.93. The van der Waals surface area contributed by atoms with Crippen molar-refractivity contribution in [2.45, 2.75) is 44.7 Å². The molecular formula is C30H32F2N6O. The van der Waals surface area contributed by atoms with Gasteiger partial charge in [0.05, 0.1) is 11.0 Å². The Balaban J connectivity index is 1.14. The molecule has 2 aromatic heterocycles. The Kier molecular flexibility index (Phi) is 7.32. The normalized spacial score (nSPS) is 19.4. The Bertz CT molecular complexity index is 1430. The van der Waals surface area contributed by atoms with Gasteiger partial charge in [-0.15, -0.1) is 0 Å². The maximum Gasteiger partial charge on any atom is 0.225 e. The molecule has 39 heavy (non-hydrogen) atoms. The number of likely N-dealkylation sites (tertiary alicyclic amines) is 2. The van der Waals surface area contributed by atoms with Crippen LogP contribution in [0.25, 0.3) is 11.0 Å². The van der Waals surface area contributed by atoms with Gasteiger partial charge in [0.1, 0.15) is 5.71 Å². The van der Waals surface area contributed by atoms with Crippen molar-refractivity contribution in [1.29, 1.82) is 0 Å². The molecule has 3 aliphatic rings. The van der Waals surface area contributed by atoms with E-state index < -0.39 is 11.6 Å². The Morgan fingerprint density at radius 2 is 1.69 bits per heavy atom. The van der Waals surface area contributed by atoms with E-state index in [1.165, 1.54) is 11.6 Å². The second-order valence-electron chi connectivity index (χ2n) is 10.6. The monoisotopic (exact) mass is 530 g/mol. The highest BCUT2D eigenvalue weighted by molar-refractivity contribution is 6.08. The Labute approximate surface area is 226 Å². The minimum absolute atomic E-state index is 0.00412. The average Bonchev–Trinajstić information content (AvgIpc) is 3.12. The van der Waals surface area contributed by atoms with Crippen molar-refractivity contribution in [1.82, 2.24) is 24.3 Å². The summed E-state index contributed by atoms with van der Waals surface area (Å²) in [5.74, 6) is -0.916. The molecule has 0 atom stereocenters. The lowest BCUT2D eigenvalue weighted by Crippen LogP contribution is -2.45. The molecule has 0 radical (unpaired) electrons. The summed E-state index contributed by atoms with van der Waals surface area (Å²) in [6.07, 6.45) is 15.2. The van der Waals surface area contributed by atoms with Crippen molar-refractivity contribution in [3.8, 4) is 0 Å². The van der Waals surface area contributed by atoms with Crippen LogP contribution in [0.2, 0.25) is 0 Å². The second-order valence-corrected chi connectivity index (χ2v) is 10.6. The first-order valence-corrected chi connectivity index (χ1v) is 13.7. The van der Waals surface area contributed by atoms with Crippen LogP contribution in [-0.2, 0) is 11.3 Å². The fraction of sp³-hybridized carbons (Fsp3) is 0.400. The lowest BCUT2D eigenvalue weighted by molar-refractivity contribution is -0.138. The highest BCUT2D eigenvalue weighted by Crippen LogP contribution is 2.32. The van der Waals surface area contributed by atoms with E-state index in [4.69, 9.17) is 0 Å². The molecule has 9 heteroatoms. The largest absolute Gasteiger partial charge is 0.342 e. The molecular weight excluding hydrogens is 498 g/mol. The Morgan fingerprint density at radius 3 is 2.46 bits per heavy atom. The topological polar surface area (TPSA) is 66.6 Å². The summed E-state index contributed by atoms with van der Waals surface area (Å²) < 4.78 is 30.4. The fourth-order valence-corrected chi connectivity index (χ4v) is 5.96. The van der Waals surface area contributed by atoms with Gasteiger partial charge in [-0.25, -0.2) is 13.8 Å². The number of carbonyl (C=O) groups excluding carboxylic acids is 1. The average molecular weight is 531 g/mol. The maximum atomic E-state index is 14.3. The van der Waals surface area contributed by atoms with Crippen molar-refractivity contribution >= 4 is 22.7 Å². The number of amides is 1. The molecule has 7 nitrogen and oxygen atoms in total. The van der Waals surface area contributed by atoms with E-state index >= 15 is 0 Å². The first-order valence-electron chi connectivity index (χ1n) is 13.7. The number of hydrogen-bond acceptors (Lipinski definition) is 5. The number of benzene rings is 1. The number of hydrogen-bond donors (Lipinski definition) is 0. The molecule has 6 rings (SSSR count). The molecule has 0 spiro atoms. The van der Waals surface area contributed by atoms with E-state index in [-0.39, 0.29) is 17.9 Å².